The van der Waals surface area contributed by atoms with E-state index in [0.717, 1.165) is 18.9 Å². The highest BCUT2D eigenvalue weighted by Crippen LogP contribution is 2.18. The highest BCUT2D eigenvalue weighted by atomic mass is 32.2. The highest BCUT2D eigenvalue weighted by molar-refractivity contribution is 7.98. The molecule has 7 heteroatoms. The molecule has 1 heterocycles. The van der Waals surface area contributed by atoms with Crippen molar-refractivity contribution in [1.29, 1.82) is 0 Å². The summed E-state index contributed by atoms with van der Waals surface area (Å²) in [6, 6.07) is 1.84. The minimum atomic E-state index is 0.635. The van der Waals surface area contributed by atoms with E-state index in [9.17, 15) is 0 Å². The van der Waals surface area contributed by atoms with Crippen molar-refractivity contribution in [2.75, 3.05) is 50.8 Å². The van der Waals surface area contributed by atoms with Crippen molar-refractivity contribution in [3.63, 3.8) is 0 Å². The van der Waals surface area contributed by atoms with E-state index >= 15 is 0 Å². The molecule has 1 rings (SSSR count). The van der Waals surface area contributed by atoms with Crippen molar-refractivity contribution in [3.05, 3.63) is 6.07 Å². The van der Waals surface area contributed by atoms with Gasteiger partial charge in [0.05, 0.1) is 0 Å². The third-order valence-electron chi connectivity index (χ3n) is 2.30. The Morgan fingerprint density at radius 3 is 2.53 bits per heavy atom. The predicted molar refractivity (Wildman–Crippen MR) is 73.4 cm³/mol. The average Bonchev–Trinajstić information content (AvgIpc) is 2.34. The second kappa shape index (κ2) is 6.63. The van der Waals surface area contributed by atoms with E-state index in [4.69, 9.17) is 5.84 Å². The van der Waals surface area contributed by atoms with Gasteiger partial charge in [0.25, 0.3) is 0 Å². The molecule has 0 fully saturated rings. The number of nitrogens with two attached hydrogens (primary N) is 1. The van der Waals surface area contributed by atoms with Gasteiger partial charge in [0, 0.05) is 26.2 Å². The van der Waals surface area contributed by atoms with Crippen LogP contribution in [0, 0.1) is 0 Å². The Labute approximate surface area is 107 Å². The van der Waals surface area contributed by atoms with Crippen LogP contribution in [0.2, 0.25) is 0 Å². The largest absolute Gasteiger partial charge is 0.358 e. The Kier molecular flexibility index (Phi) is 5.46. The molecule has 0 saturated heterocycles. The molecule has 0 aliphatic heterocycles. The molecule has 0 atom stereocenters. The standard InChI is InChI=1S/C10H20N6S/c1-15(2)5-6-16(3)9-7-8(14-11)12-10(13-9)17-4/h7H,5-6,11H2,1-4H3,(H,12,13,14). The van der Waals surface area contributed by atoms with Crippen LogP contribution >= 0.6 is 11.8 Å². The third kappa shape index (κ3) is 4.37. The number of hydrazine groups is 1. The lowest BCUT2D eigenvalue weighted by atomic mass is 10.4. The Morgan fingerprint density at radius 2 is 2.00 bits per heavy atom. The zero-order valence-electron chi connectivity index (χ0n) is 10.8. The van der Waals surface area contributed by atoms with Gasteiger partial charge in [-0.25, -0.2) is 15.8 Å². The molecule has 96 valence electrons. The molecule has 0 amide bonds. The summed E-state index contributed by atoms with van der Waals surface area (Å²) in [5.74, 6) is 6.90. The van der Waals surface area contributed by atoms with Crippen LogP contribution in [0.15, 0.2) is 11.2 Å². The van der Waals surface area contributed by atoms with Gasteiger partial charge in [-0.2, -0.15) is 0 Å². The monoisotopic (exact) mass is 256 g/mol. The van der Waals surface area contributed by atoms with Gasteiger partial charge in [0.2, 0.25) is 0 Å². The van der Waals surface area contributed by atoms with Gasteiger partial charge in [-0.1, -0.05) is 11.8 Å². The molecule has 1 aromatic heterocycles. The molecule has 0 aromatic carbocycles. The minimum Gasteiger partial charge on any atom is -0.358 e. The summed E-state index contributed by atoms with van der Waals surface area (Å²) in [5.41, 5.74) is 2.56. The maximum absolute atomic E-state index is 5.39. The van der Waals surface area contributed by atoms with Crippen LogP contribution in [0.1, 0.15) is 0 Å². The average molecular weight is 256 g/mol. The fraction of sp³-hybridized carbons (Fsp3) is 0.600. The Morgan fingerprint density at radius 1 is 1.29 bits per heavy atom. The maximum Gasteiger partial charge on any atom is 0.191 e. The lowest BCUT2D eigenvalue weighted by molar-refractivity contribution is 0.416. The molecule has 6 nitrogen and oxygen atoms in total. The van der Waals surface area contributed by atoms with E-state index in [2.05, 4.69) is 25.2 Å². The Balaban J connectivity index is 2.80. The van der Waals surface area contributed by atoms with E-state index in [1.165, 1.54) is 11.8 Å². The van der Waals surface area contributed by atoms with E-state index in [-0.39, 0.29) is 0 Å². The Bertz CT molecular complexity index is 334. The van der Waals surface area contributed by atoms with Crippen LogP contribution in [-0.4, -0.2) is 55.4 Å². The maximum atomic E-state index is 5.39. The summed E-state index contributed by atoms with van der Waals surface area (Å²) >= 11 is 1.50. The zero-order chi connectivity index (χ0) is 12.8. The van der Waals surface area contributed by atoms with Crippen LogP contribution in [0.3, 0.4) is 0 Å². The number of nitrogens with one attached hydrogen (secondary N) is 1. The van der Waals surface area contributed by atoms with Crippen LogP contribution in [0.25, 0.3) is 0 Å². The molecule has 0 saturated carbocycles. The van der Waals surface area contributed by atoms with Crippen molar-refractivity contribution < 1.29 is 0 Å². The van der Waals surface area contributed by atoms with Crippen molar-refractivity contribution in [2.24, 2.45) is 5.84 Å². The van der Waals surface area contributed by atoms with E-state index in [1.807, 2.05) is 33.5 Å². The number of anilines is 2. The van der Waals surface area contributed by atoms with Crippen molar-refractivity contribution in [1.82, 2.24) is 14.9 Å². The first kappa shape index (κ1) is 14.0. The zero-order valence-corrected chi connectivity index (χ0v) is 11.6. The van der Waals surface area contributed by atoms with Crippen LogP contribution in [0.5, 0.6) is 0 Å². The van der Waals surface area contributed by atoms with Gasteiger partial charge >= 0.3 is 0 Å². The highest BCUT2D eigenvalue weighted by Gasteiger charge is 2.07. The number of hydrogen-bond donors (Lipinski definition) is 2. The molecule has 0 aliphatic rings. The van der Waals surface area contributed by atoms with Crippen molar-refractivity contribution >= 4 is 23.4 Å². The summed E-state index contributed by atoms with van der Waals surface area (Å²) in [5, 5.41) is 0.715. The number of likely N-dealkylation sites (N-methyl/N-ethyl adjacent to an activating group) is 2. The number of nitrogens with zero attached hydrogens (tertiary/aromatic N) is 4. The SMILES string of the molecule is CSc1nc(NN)cc(N(C)CCN(C)C)n1. The number of hydrogen-bond acceptors (Lipinski definition) is 7. The molecular weight excluding hydrogens is 236 g/mol. The van der Waals surface area contributed by atoms with Crippen LogP contribution < -0.4 is 16.2 Å². The number of thioether (sulfide) groups is 1. The summed E-state index contributed by atoms with van der Waals surface area (Å²) in [6.45, 7) is 1.88. The number of aromatic nitrogens is 2. The summed E-state index contributed by atoms with van der Waals surface area (Å²) in [7, 11) is 6.11. The molecule has 3 N–H and O–H groups in total. The van der Waals surface area contributed by atoms with Crippen LogP contribution in [0.4, 0.5) is 11.6 Å². The molecule has 0 bridgehead atoms. The fourth-order valence-electron chi connectivity index (χ4n) is 1.24. The molecule has 17 heavy (non-hydrogen) atoms. The molecule has 0 aliphatic carbocycles. The van der Waals surface area contributed by atoms with Gasteiger partial charge < -0.3 is 15.2 Å². The third-order valence-corrected chi connectivity index (χ3v) is 2.84. The van der Waals surface area contributed by atoms with Gasteiger partial charge in [0.1, 0.15) is 11.6 Å². The first-order valence-corrected chi connectivity index (χ1v) is 6.55. The quantitative estimate of drug-likeness (QED) is 0.332. The summed E-state index contributed by atoms with van der Waals surface area (Å²) in [6.07, 6.45) is 1.94. The van der Waals surface area contributed by atoms with Crippen molar-refractivity contribution in [3.8, 4) is 0 Å². The molecule has 0 radical (unpaired) electrons. The first-order valence-electron chi connectivity index (χ1n) is 5.32. The number of rotatable bonds is 6. The lowest BCUT2D eigenvalue weighted by Crippen LogP contribution is -2.29. The topological polar surface area (TPSA) is 70.3 Å². The minimum absolute atomic E-state index is 0.635. The second-order valence-corrected chi connectivity index (χ2v) is 4.74. The van der Waals surface area contributed by atoms with E-state index in [1.54, 1.807) is 0 Å². The molecule has 1 aromatic rings. The van der Waals surface area contributed by atoms with Gasteiger partial charge in [-0.3, -0.25) is 0 Å². The Hall–Kier alpha value is -1.05. The van der Waals surface area contributed by atoms with Gasteiger partial charge in [-0.15, -0.1) is 0 Å². The van der Waals surface area contributed by atoms with Gasteiger partial charge in [-0.05, 0) is 20.4 Å². The number of nitrogen functional groups attached to an aromatic ring is 1. The molecule has 0 spiro atoms. The molecule has 0 unspecified atom stereocenters. The lowest BCUT2D eigenvalue weighted by Gasteiger charge is -2.21. The summed E-state index contributed by atoms with van der Waals surface area (Å²) in [4.78, 5) is 12.9. The first-order chi connectivity index (χ1) is 8.06. The molecular formula is C10H20N6S. The fourth-order valence-corrected chi connectivity index (χ4v) is 1.61. The van der Waals surface area contributed by atoms with E-state index < -0.39 is 0 Å². The second-order valence-electron chi connectivity index (χ2n) is 3.97. The normalized spacial score (nSPS) is 10.7. The van der Waals surface area contributed by atoms with E-state index in [0.29, 0.717) is 11.0 Å². The smallest absolute Gasteiger partial charge is 0.191 e. The predicted octanol–water partition coefficient (Wildman–Crippen LogP) is 0.482. The van der Waals surface area contributed by atoms with Gasteiger partial charge in [0.15, 0.2) is 5.16 Å². The summed E-state index contributed by atoms with van der Waals surface area (Å²) < 4.78 is 0. The van der Waals surface area contributed by atoms with Crippen molar-refractivity contribution in [2.45, 2.75) is 5.16 Å². The van der Waals surface area contributed by atoms with Crippen LogP contribution in [-0.2, 0) is 0 Å².